The zero-order chi connectivity index (χ0) is 18.8. The maximum atomic E-state index is 13.2. The summed E-state index contributed by atoms with van der Waals surface area (Å²) in [4.78, 5) is 0. The summed E-state index contributed by atoms with van der Waals surface area (Å²) in [6.07, 6.45) is -3.42. The van der Waals surface area contributed by atoms with Crippen LogP contribution in [0.15, 0.2) is 0 Å². The number of rotatable bonds is 4. The molecule has 6 atom stereocenters. The first-order valence-electron chi connectivity index (χ1n) is 9.65. The first-order valence-corrected chi connectivity index (χ1v) is 9.65. The van der Waals surface area contributed by atoms with Gasteiger partial charge in [-0.15, -0.1) is 0 Å². The lowest BCUT2D eigenvalue weighted by atomic mass is 9.69. The number of alkyl halides is 6. The van der Waals surface area contributed by atoms with Crippen molar-refractivity contribution in [3.8, 4) is 0 Å². The molecule has 0 amide bonds. The van der Waals surface area contributed by atoms with Gasteiger partial charge < -0.3 is 0 Å². The maximum Gasteiger partial charge on any atom is 0.392 e. The highest BCUT2D eigenvalue weighted by molar-refractivity contribution is 4.86. The summed E-state index contributed by atoms with van der Waals surface area (Å²) in [5.74, 6) is -3.09. The predicted octanol–water partition coefficient (Wildman–Crippen LogP) is 7.39. The van der Waals surface area contributed by atoms with Crippen molar-refractivity contribution < 1.29 is 26.3 Å². The maximum absolute atomic E-state index is 13.2. The van der Waals surface area contributed by atoms with Crippen LogP contribution in [0.5, 0.6) is 0 Å². The van der Waals surface area contributed by atoms with Crippen molar-refractivity contribution in [3.05, 3.63) is 0 Å². The fourth-order valence-electron chi connectivity index (χ4n) is 5.07. The normalized spacial score (nSPS) is 37.9. The second kappa shape index (κ2) is 8.08. The van der Waals surface area contributed by atoms with Gasteiger partial charge in [-0.1, -0.05) is 46.0 Å². The average molecular weight is 372 g/mol. The van der Waals surface area contributed by atoms with E-state index in [1.165, 1.54) is 0 Å². The molecular weight excluding hydrogens is 342 g/mol. The molecule has 0 bridgehead atoms. The van der Waals surface area contributed by atoms with Gasteiger partial charge in [0.15, 0.2) is 0 Å². The van der Waals surface area contributed by atoms with E-state index in [9.17, 15) is 26.3 Å². The van der Waals surface area contributed by atoms with Crippen LogP contribution in [0.1, 0.15) is 71.6 Å². The van der Waals surface area contributed by atoms with Crippen molar-refractivity contribution in [1.29, 1.82) is 0 Å². The van der Waals surface area contributed by atoms with Crippen LogP contribution in [-0.4, -0.2) is 12.4 Å². The third kappa shape index (κ3) is 5.53. The molecule has 2 rings (SSSR count). The molecule has 6 unspecified atom stereocenters. The SMILES string of the molecule is CCC1CCC(CCC2CCC(C)C(C(F)(F)F)C2)CC1C(F)(F)F. The summed E-state index contributed by atoms with van der Waals surface area (Å²) < 4.78 is 79.0. The summed E-state index contributed by atoms with van der Waals surface area (Å²) >= 11 is 0. The minimum absolute atomic E-state index is 0.0102. The van der Waals surface area contributed by atoms with Gasteiger partial charge in [0.25, 0.3) is 0 Å². The fourth-order valence-corrected chi connectivity index (χ4v) is 5.07. The predicted molar refractivity (Wildman–Crippen MR) is 86.0 cm³/mol. The number of halogens is 6. The summed E-state index contributed by atoms with van der Waals surface area (Å²) in [7, 11) is 0. The molecule has 0 N–H and O–H groups in total. The molecule has 0 radical (unpaired) electrons. The van der Waals surface area contributed by atoms with E-state index >= 15 is 0 Å². The molecule has 0 aromatic heterocycles. The Morgan fingerprint density at radius 1 is 0.720 bits per heavy atom. The Hall–Kier alpha value is -0.420. The minimum atomic E-state index is -4.15. The van der Waals surface area contributed by atoms with Crippen molar-refractivity contribution in [2.24, 2.45) is 35.5 Å². The van der Waals surface area contributed by atoms with E-state index in [4.69, 9.17) is 0 Å². The molecule has 2 aliphatic carbocycles. The van der Waals surface area contributed by atoms with Crippen LogP contribution < -0.4 is 0 Å². The Bertz CT molecular complexity index is 413. The van der Waals surface area contributed by atoms with Crippen LogP contribution >= 0.6 is 0 Å². The third-order valence-corrected chi connectivity index (χ3v) is 6.75. The molecule has 148 valence electrons. The van der Waals surface area contributed by atoms with Gasteiger partial charge in [0.1, 0.15) is 0 Å². The molecule has 0 saturated heterocycles. The van der Waals surface area contributed by atoms with Crippen molar-refractivity contribution in [2.75, 3.05) is 0 Å². The highest BCUT2D eigenvalue weighted by Gasteiger charge is 2.48. The average Bonchev–Trinajstić information content (AvgIpc) is 2.52. The highest BCUT2D eigenvalue weighted by atomic mass is 19.4. The Morgan fingerprint density at radius 2 is 1.20 bits per heavy atom. The van der Waals surface area contributed by atoms with Crippen LogP contribution in [0.3, 0.4) is 0 Å². The Morgan fingerprint density at radius 3 is 1.68 bits per heavy atom. The van der Waals surface area contributed by atoms with Gasteiger partial charge in [0.2, 0.25) is 0 Å². The zero-order valence-electron chi connectivity index (χ0n) is 15.1. The van der Waals surface area contributed by atoms with Crippen molar-refractivity contribution in [2.45, 2.75) is 84.0 Å². The quantitative estimate of drug-likeness (QED) is 0.451. The third-order valence-electron chi connectivity index (χ3n) is 6.75. The van der Waals surface area contributed by atoms with E-state index in [1.54, 1.807) is 6.92 Å². The second-order valence-electron chi connectivity index (χ2n) is 8.38. The zero-order valence-corrected chi connectivity index (χ0v) is 15.1. The van der Waals surface area contributed by atoms with Crippen LogP contribution in [0.25, 0.3) is 0 Å². The van der Waals surface area contributed by atoms with Gasteiger partial charge in [0, 0.05) is 0 Å². The molecule has 0 nitrogen and oxygen atoms in total. The van der Waals surface area contributed by atoms with Gasteiger partial charge >= 0.3 is 12.4 Å². The monoisotopic (exact) mass is 372 g/mol. The molecule has 25 heavy (non-hydrogen) atoms. The van der Waals surface area contributed by atoms with Crippen molar-refractivity contribution in [1.82, 2.24) is 0 Å². The van der Waals surface area contributed by atoms with Crippen LogP contribution in [0, 0.1) is 35.5 Å². The van der Waals surface area contributed by atoms with Crippen LogP contribution in [0.2, 0.25) is 0 Å². The first kappa shape index (κ1) is 20.9. The summed E-state index contributed by atoms with van der Waals surface area (Å²) in [5.41, 5.74) is 0. The van der Waals surface area contributed by atoms with Gasteiger partial charge in [-0.3, -0.25) is 0 Å². The van der Waals surface area contributed by atoms with Crippen molar-refractivity contribution >= 4 is 0 Å². The smallest absolute Gasteiger partial charge is 0.171 e. The molecule has 2 saturated carbocycles. The molecule has 2 fully saturated rings. The van der Waals surface area contributed by atoms with E-state index in [0.717, 1.165) is 12.8 Å². The Balaban J connectivity index is 1.87. The number of hydrogen-bond donors (Lipinski definition) is 0. The van der Waals surface area contributed by atoms with Gasteiger partial charge in [-0.2, -0.15) is 26.3 Å². The Labute approximate surface area is 146 Å². The molecular formula is C19H30F6. The first-order chi connectivity index (χ1) is 11.5. The lowest BCUT2D eigenvalue weighted by Crippen LogP contribution is -2.36. The highest BCUT2D eigenvalue weighted by Crippen LogP contribution is 2.48. The lowest BCUT2D eigenvalue weighted by molar-refractivity contribution is -0.203. The van der Waals surface area contributed by atoms with E-state index in [-0.39, 0.29) is 36.5 Å². The largest absolute Gasteiger partial charge is 0.392 e. The van der Waals surface area contributed by atoms with Gasteiger partial charge in [0.05, 0.1) is 11.8 Å². The number of hydrogen-bond acceptors (Lipinski definition) is 0. The van der Waals surface area contributed by atoms with Gasteiger partial charge in [-0.05, 0) is 49.4 Å². The van der Waals surface area contributed by atoms with Crippen LogP contribution in [-0.2, 0) is 0 Å². The van der Waals surface area contributed by atoms with E-state index in [0.29, 0.717) is 32.1 Å². The standard InChI is InChI=1S/C19H30F6/c1-3-15-9-8-14(11-17(15)19(23,24)25)7-6-13-5-4-12(2)16(10-13)18(20,21)22/h12-17H,3-11H2,1-2H3. The summed E-state index contributed by atoms with van der Waals surface area (Å²) in [5, 5.41) is 0. The molecule has 0 aromatic rings. The minimum Gasteiger partial charge on any atom is -0.171 e. The molecule has 0 aromatic carbocycles. The molecule has 0 aliphatic heterocycles. The molecule has 6 heteroatoms. The van der Waals surface area contributed by atoms with Gasteiger partial charge in [-0.25, -0.2) is 0 Å². The molecule has 0 heterocycles. The summed E-state index contributed by atoms with van der Waals surface area (Å²) in [6, 6.07) is 0. The fraction of sp³-hybridized carbons (Fsp3) is 1.00. The second-order valence-corrected chi connectivity index (χ2v) is 8.38. The van der Waals surface area contributed by atoms with E-state index in [2.05, 4.69) is 0 Å². The topological polar surface area (TPSA) is 0 Å². The Kier molecular flexibility index (Phi) is 6.75. The lowest BCUT2D eigenvalue weighted by Gasteiger charge is -2.39. The van der Waals surface area contributed by atoms with Crippen LogP contribution in [0.4, 0.5) is 26.3 Å². The van der Waals surface area contributed by atoms with E-state index < -0.39 is 24.2 Å². The summed E-state index contributed by atoms with van der Waals surface area (Å²) in [6.45, 7) is 3.47. The van der Waals surface area contributed by atoms with Crippen molar-refractivity contribution in [3.63, 3.8) is 0 Å². The molecule has 0 spiro atoms. The molecule has 2 aliphatic rings. The van der Waals surface area contributed by atoms with E-state index in [1.807, 2.05) is 6.92 Å².